The molecule has 11 heteroatoms. The molecule has 0 fully saturated rings. The average Bonchev–Trinajstić information content (AvgIpc) is 2.83. The van der Waals surface area contributed by atoms with E-state index in [-0.39, 0.29) is 24.7 Å². The fraction of sp³-hybridized carbons (Fsp3) is 0.560. The molecule has 0 heterocycles. The van der Waals surface area contributed by atoms with Crippen LogP contribution in [0.3, 0.4) is 0 Å². The first-order chi connectivity index (χ1) is 16.9. The molecule has 5 unspecified atom stereocenters. The molecule has 1 aromatic rings. The number of carboxylic acid groups (broad SMARTS) is 2. The molecular formula is C25H38N4O7. The summed E-state index contributed by atoms with van der Waals surface area (Å²) >= 11 is 0. The highest BCUT2D eigenvalue weighted by atomic mass is 16.4. The third-order valence-electron chi connectivity index (χ3n) is 5.99. The first-order valence-electron chi connectivity index (χ1n) is 12.0. The number of benzene rings is 1. The van der Waals surface area contributed by atoms with E-state index in [1.165, 1.54) is 0 Å². The Hall–Kier alpha value is -3.47. The zero-order valence-corrected chi connectivity index (χ0v) is 21.2. The highest BCUT2D eigenvalue weighted by molar-refractivity contribution is 5.94. The largest absolute Gasteiger partial charge is 0.481 e. The van der Waals surface area contributed by atoms with E-state index in [9.17, 15) is 29.1 Å². The maximum Gasteiger partial charge on any atom is 0.326 e. The van der Waals surface area contributed by atoms with Crippen LogP contribution in [0.5, 0.6) is 0 Å². The first-order valence-corrected chi connectivity index (χ1v) is 12.0. The molecule has 36 heavy (non-hydrogen) atoms. The summed E-state index contributed by atoms with van der Waals surface area (Å²) < 4.78 is 0. The first kappa shape index (κ1) is 30.6. The molecular weight excluding hydrogens is 468 g/mol. The lowest BCUT2D eigenvalue weighted by Crippen LogP contribution is -2.58. The summed E-state index contributed by atoms with van der Waals surface area (Å²) in [5.74, 6) is -5.04. The van der Waals surface area contributed by atoms with Crippen molar-refractivity contribution in [2.75, 3.05) is 0 Å². The average molecular weight is 507 g/mol. The second-order valence-electron chi connectivity index (χ2n) is 9.22. The van der Waals surface area contributed by atoms with Crippen molar-refractivity contribution in [3.8, 4) is 0 Å². The van der Waals surface area contributed by atoms with Gasteiger partial charge in [0.25, 0.3) is 0 Å². The van der Waals surface area contributed by atoms with E-state index in [2.05, 4.69) is 16.0 Å². The predicted octanol–water partition coefficient (Wildman–Crippen LogP) is 0.662. The number of aliphatic carboxylic acids is 2. The maximum absolute atomic E-state index is 13.1. The van der Waals surface area contributed by atoms with Crippen molar-refractivity contribution in [3.05, 3.63) is 35.9 Å². The number of hydrogen-bond acceptors (Lipinski definition) is 6. The van der Waals surface area contributed by atoms with Gasteiger partial charge in [0, 0.05) is 12.8 Å². The molecule has 0 radical (unpaired) electrons. The molecule has 200 valence electrons. The molecule has 0 spiro atoms. The van der Waals surface area contributed by atoms with E-state index < -0.39 is 60.2 Å². The molecule has 0 aromatic heterocycles. The molecule has 0 saturated carbocycles. The molecule has 7 N–H and O–H groups in total. The van der Waals surface area contributed by atoms with Gasteiger partial charge in [-0.2, -0.15) is 0 Å². The molecule has 5 atom stereocenters. The Labute approximate surface area is 211 Å². The van der Waals surface area contributed by atoms with Crippen LogP contribution in [0.25, 0.3) is 0 Å². The van der Waals surface area contributed by atoms with Crippen molar-refractivity contribution >= 4 is 29.7 Å². The van der Waals surface area contributed by atoms with Crippen LogP contribution < -0.4 is 21.7 Å². The van der Waals surface area contributed by atoms with Crippen LogP contribution in [-0.2, 0) is 30.4 Å². The van der Waals surface area contributed by atoms with Gasteiger partial charge in [-0.25, -0.2) is 4.79 Å². The predicted molar refractivity (Wildman–Crippen MR) is 133 cm³/mol. The van der Waals surface area contributed by atoms with Crippen molar-refractivity contribution < 1.29 is 34.2 Å². The van der Waals surface area contributed by atoms with Gasteiger partial charge in [0.1, 0.15) is 18.1 Å². The van der Waals surface area contributed by atoms with Crippen molar-refractivity contribution in [2.45, 2.75) is 77.5 Å². The van der Waals surface area contributed by atoms with Crippen molar-refractivity contribution in [1.29, 1.82) is 0 Å². The summed E-state index contributed by atoms with van der Waals surface area (Å²) in [5, 5.41) is 26.2. The van der Waals surface area contributed by atoms with E-state index in [0.717, 1.165) is 0 Å². The lowest BCUT2D eigenvalue weighted by atomic mass is 9.98. The highest BCUT2D eigenvalue weighted by Gasteiger charge is 2.32. The summed E-state index contributed by atoms with van der Waals surface area (Å²) in [6, 6.07) is 4.30. The molecule has 0 aliphatic carbocycles. The van der Waals surface area contributed by atoms with Crippen LogP contribution in [0.15, 0.2) is 30.3 Å². The molecule has 3 amide bonds. The number of hydrogen-bond donors (Lipinski definition) is 6. The van der Waals surface area contributed by atoms with Gasteiger partial charge >= 0.3 is 11.9 Å². The Kier molecular flexibility index (Phi) is 12.6. The number of carboxylic acids is 2. The zero-order valence-electron chi connectivity index (χ0n) is 21.2. The van der Waals surface area contributed by atoms with Gasteiger partial charge in [-0.3, -0.25) is 19.2 Å². The topological polar surface area (TPSA) is 188 Å². The fourth-order valence-corrected chi connectivity index (χ4v) is 3.38. The maximum atomic E-state index is 13.1. The van der Waals surface area contributed by atoms with Gasteiger partial charge in [0.05, 0.1) is 6.04 Å². The number of nitrogens with two attached hydrogens (primary N) is 1. The molecule has 0 aliphatic rings. The monoisotopic (exact) mass is 506 g/mol. The Morgan fingerprint density at radius 3 is 1.92 bits per heavy atom. The summed E-state index contributed by atoms with van der Waals surface area (Å²) in [7, 11) is 0. The molecule has 0 aliphatic heterocycles. The number of nitrogens with one attached hydrogen (secondary N) is 3. The van der Waals surface area contributed by atoms with E-state index in [0.29, 0.717) is 12.0 Å². The van der Waals surface area contributed by atoms with Crippen LogP contribution in [0.1, 0.15) is 52.5 Å². The van der Waals surface area contributed by atoms with Crippen LogP contribution >= 0.6 is 0 Å². The quantitative estimate of drug-likeness (QED) is 0.200. The highest BCUT2D eigenvalue weighted by Crippen LogP contribution is 2.11. The van der Waals surface area contributed by atoms with Gasteiger partial charge in [-0.05, 0) is 23.8 Å². The normalized spacial score (nSPS) is 15.2. The van der Waals surface area contributed by atoms with E-state index in [4.69, 9.17) is 10.8 Å². The van der Waals surface area contributed by atoms with Gasteiger partial charge < -0.3 is 31.9 Å². The summed E-state index contributed by atoms with van der Waals surface area (Å²) in [6.45, 7) is 6.95. The lowest BCUT2D eigenvalue weighted by molar-refractivity contribution is -0.143. The van der Waals surface area contributed by atoms with Crippen LogP contribution in [-0.4, -0.2) is 64.0 Å². The standard InChI is InChI=1S/C25H38N4O7/c1-5-15(4)21(25(35)36)29-23(33)18(13-16-9-7-6-8-10-16)28-22(32)17(11-12-19(30)31)27-24(34)20(26)14(2)3/h6-10,14-15,17-18,20-21H,5,11-13,26H2,1-4H3,(H,27,34)(H,28,32)(H,29,33)(H,30,31)(H,35,36). The third kappa shape index (κ3) is 10.0. The van der Waals surface area contributed by atoms with Crippen LogP contribution in [0, 0.1) is 11.8 Å². The Morgan fingerprint density at radius 2 is 1.42 bits per heavy atom. The number of amides is 3. The van der Waals surface area contributed by atoms with Gasteiger partial charge in [-0.1, -0.05) is 64.4 Å². The minimum absolute atomic E-state index is 0.0519. The van der Waals surface area contributed by atoms with E-state index >= 15 is 0 Å². The molecule has 1 rings (SSSR count). The van der Waals surface area contributed by atoms with Crippen LogP contribution in [0.2, 0.25) is 0 Å². The second-order valence-corrected chi connectivity index (χ2v) is 9.22. The lowest BCUT2D eigenvalue weighted by Gasteiger charge is -2.27. The Morgan fingerprint density at radius 1 is 0.861 bits per heavy atom. The van der Waals surface area contributed by atoms with Crippen molar-refractivity contribution in [3.63, 3.8) is 0 Å². The van der Waals surface area contributed by atoms with Gasteiger partial charge in [0.15, 0.2) is 0 Å². The third-order valence-corrected chi connectivity index (χ3v) is 5.99. The molecule has 0 saturated heterocycles. The smallest absolute Gasteiger partial charge is 0.326 e. The summed E-state index contributed by atoms with van der Waals surface area (Å²) in [4.78, 5) is 61.6. The van der Waals surface area contributed by atoms with E-state index in [1.807, 2.05) is 0 Å². The number of carbonyl (C=O) groups excluding carboxylic acids is 3. The van der Waals surface area contributed by atoms with Crippen molar-refractivity contribution in [2.24, 2.45) is 17.6 Å². The summed E-state index contributed by atoms with van der Waals surface area (Å²) in [5.41, 5.74) is 6.57. The minimum atomic E-state index is -1.26. The second kappa shape index (κ2) is 14.8. The van der Waals surface area contributed by atoms with Crippen LogP contribution in [0.4, 0.5) is 0 Å². The van der Waals surface area contributed by atoms with E-state index in [1.54, 1.807) is 58.0 Å². The minimum Gasteiger partial charge on any atom is -0.481 e. The molecule has 0 bridgehead atoms. The summed E-state index contributed by atoms with van der Waals surface area (Å²) in [6.07, 6.45) is -0.0648. The molecule has 1 aromatic carbocycles. The van der Waals surface area contributed by atoms with Gasteiger partial charge in [-0.15, -0.1) is 0 Å². The fourth-order valence-electron chi connectivity index (χ4n) is 3.38. The number of carbonyl (C=O) groups is 5. The zero-order chi connectivity index (χ0) is 27.4. The Balaban J connectivity index is 3.17. The number of rotatable bonds is 15. The Bertz CT molecular complexity index is 907. The molecule has 11 nitrogen and oxygen atoms in total. The SMILES string of the molecule is CCC(C)C(NC(=O)C(Cc1ccccc1)NC(=O)C(CCC(=O)O)NC(=O)C(N)C(C)C)C(=O)O. The van der Waals surface area contributed by atoms with Crippen molar-refractivity contribution in [1.82, 2.24) is 16.0 Å². The van der Waals surface area contributed by atoms with Gasteiger partial charge in [0.2, 0.25) is 17.7 Å².